The monoisotopic (exact) mass is 692 g/mol. The lowest BCUT2D eigenvalue weighted by Crippen LogP contribution is -2.51. The number of carboxylic acids is 1. The van der Waals surface area contributed by atoms with Gasteiger partial charge in [0.2, 0.25) is 6.79 Å². The van der Waals surface area contributed by atoms with Crippen LogP contribution >= 0.6 is 0 Å². The second-order valence-corrected chi connectivity index (χ2v) is 14.6. The molecule has 2 saturated heterocycles. The van der Waals surface area contributed by atoms with Crippen LogP contribution in [0.15, 0.2) is 47.4 Å². The Hall–Kier alpha value is -3.63. The number of hydrogen-bond acceptors (Lipinski definition) is 12. The van der Waals surface area contributed by atoms with E-state index >= 15 is 0 Å². The zero-order chi connectivity index (χ0) is 34.3. The fourth-order valence-corrected chi connectivity index (χ4v) is 7.42. The summed E-state index contributed by atoms with van der Waals surface area (Å²) in [6.07, 6.45) is -1.50. The van der Waals surface area contributed by atoms with Gasteiger partial charge in [-0.1, -0.05) is 26.0 Å². The van der Waals surface area contributed by atoms with E-state index in [1.54, 1.807) is 35.2 Å². The van der Waals surface area contributed by atoms with Crippen molar-refractivity contribution in [2.24, 2.45) is 11.8 Å². The summed E-state index contributed by atoms with van der Waals surface area (Å²) in [7, 11) is -3.83. The molecular weight excluding hydrogens is 648 g/mol. The molecule has 3 aliphatic rings. The Balaban J connectivity index is 1.28. The van der Waals surface area contributed by atoms with E-state index in [-0.39, 0.29) is 62.0 Å². The van der Waals surface area contributed by atoms with Crippen LogP contribution < -0.4 is 19.5 Å². The molecule has 3 N–H and O–H groups in total. The predicted molar refractivity (Wildman–Crippen MR) is 171 cm³/mol. The molecule has 5 rings (SSSR count). The first kappa shape index (κ1) is 35.7. The highest BCUT2D eigenvalue weighted by molar-refractivity contribution is 7.91. The van der Waals surface area contributed by atoms with Gasteiger partial charge >= 0.3 is 12.1 Å². The summed E-state index contributed by atoms with van der Waals surface area (Å²) in [6, 6.07) is 10.7. The number of nitrogens with zero attached hydrogens (tertiary/aromatic N) is 1. The first-order valence-electron chi connectivity index (χ1n) is 16.1. The Labute approximate surface area is 280 Å². The number of sulfone groups is 1. The van der Waals surface area contributed by atoms with E-state index in [2.05, 4.69) is 5.32 Å². The first-order valence-corrected chi connectivity index (χ1v) is 17.8. The number of nitrogens with one attached hydrogen (secondary N) is 1. The van der Waals surface area contributed by atoms with Crippen LogP contribution in [0.3, 0.4) is 0 Å². The highest BCUT2D eigenvalue weighted by Crippen LogP contribution is 2.35. The number of alkyl carbamates (subject to hydrolysis) is 1. The number of aliphatic hydroxyl groups is 1. The number of fused-ring (bicyclic) bond motifs is 2. The molecule has 2 aromatic carbocycles. The fourth-order valence-electron chi connectivity index (χ4n) is 6.02. The molecule has 15 heteroatoms. The molecule has 1 amide bonds. The van der Waals surface area contributed by atoms with Gasteiger partial charge in [-0.3, -0.25) is 9.69 Å². The molecule has 3 heterocycles. The highest BCUT2D eigenvalue weighted by atomic mass is 32.2. The molecule has 0 bridgehead atoms. The van der Waals surface area contributed by atoms with E-state index in [0.717, 1.165) is 5.56 Å². The Morgan fingerprint density at radius 1 is 1.06 bits per heavy atom. The van der Waals surface area contributed by atoms with Gasteiger partial charge in [0, 0.05) is 25.6 Å². The van der Waals surface area contributed by atoms with Crippen LogP contribution in [0, 0.1) is 11.8 Å². The molecule has 2 aromatic rings. The van der Waals surface area contributed by atoms with Gasteiger partial charge in [0.25, 0.3) is 0 Å². The predicted octanol–water partition coefficient (Wildman–Crippen LogP) is 2.81. The molecule has 264 valence electrons. The van der Waals surface area contributed by atoms with Gasteiger partial charge in [-0.25, -0.2) is 13.2 Å². The quantitative estimate of drug-likeness (QED) is 0.206. The number of carbonyl (C=O) groups excluding carboxylic acids is 1. The van der Waals surface area contributed by atoms with Crippen LogP contribution in [0.5, 0.6) is 17.2 Å². The maximum absolute atomic E-state index is 13.5. The largest absolute Gasteiger partial charge is 0.494 e. The minimum atomic E-state index is -3.83. The average molecular weight is 693 g/mol. The summed E-state index contributed by atoms with van der Waals surface area (Å²) in [6.45, 7) is 5.23. The molecule has 0 aromatic heterocycles. The number of hydrogen-bond donors (Lipinski definition) is 3. The molecule has 0 saturated carbocycles. The van der Waals surface area contributed by atoms with Crippen molar-refractivity contribution in [3.05, 3.63) is 48.0 Å². The Morgan fingerprint density at radius 2 is 1.83 bits per heavy atom. The molecule has 0 aliphatic carbocycles. The van der Waals surface area contributed by atoms with Gasteiger partial charge in [-0.15, -0.1) is 0 Å². The third kappa shape index (κ3) is 9.72. The fraction of sp³-hybridized carbons (Fsp3) is 0.576. The molecule has 3 aliphatic heterocycles. The average Bonchev–Trinajstić information content (AvgIpc) is 3.78. The van der Waals surface area contributed by atoms with Gasteiger partial charge in [0.1, 0.15) is 17.7 Å². The lowest BCUT2D eigenvalue weighted by atomic mass is 10.0. The number of carboxylic acid groups (broad SMARTS) is 1. The number of aliphatic carboxylic acids is 1. The van der Waals surface area contributed by atoms with E-state index < -0.39 is 46.4 Å². The van der Waals surface area contributed by atoms with Crippen LogP contribution in [0.4, 0.5) is 4.79 Å². The summed E-state index contributed by atoms with van der Waals surface area (Å²) in [5.74, 6) is 0.142. The number of rotatable bonds is 17. The molecule has 0 spiro atoms. The number of ether oxygens (including phenoxy) is 6. The van der Waals surface area contributed by atoms with E-state index in [0.29, 0.717) is 43.2 Å². The van der Waals surface area contributed by atoms with Gasteiger partial charge in [-0.2, -0.15) is 0 Å². The normalized spacial score (nSPS) is 21.2. The molecular formula is C33H44N2O12S. The standard InChI is InChI=1S/C33H44N2O12S/c1-21(2)16-35(19-48(40,41)24-9-10-28-29(15-24)46-20-45-28)17-27(36)26(34-33(39)47-30-18-44-32-25(30)11-13-43-32)14-22-5-7-23(8-6-22)42-12-3-4-31(37)38/h5-10,15,21,25-27,30,32,36H,3-4,11-14,16-20H2,1-2H3,(H,34,39)(H,37,38). The number of carbonyl (C=O) groups is 2. The lowest BCUT2D eigenvalue weighted by molar-refractivity contribution is -0.137. The van der Waals surface area contributed by atoms with Gasteiger partial charge in [0.05, 0.1) is 42.8 Å². The van der Waals surface area contributed by atoms with Crippen molar-refractivity contribution in [2.45, 2.75) is 69.0 Å². The van der Waals surface area contributed by atoms with Crippen LogP contribution in [0.2, 0.25) is 0 Å². The Kier molecular flexibility index (Phi) is 12.0. The number of benzene rings is 2. The van der Waals surface area contributed by atoms with Gasteiger partial charge < -0.3 is 44.0 Å². The number of aliphatic hydroxyl groups excluding tert-OH is 1. The van der Waals surface area contributed by atoms with E-state index in [9.17, 15) is 23.1 Å². The molecule has 14 nitrogen and oxygen atoms in total. The molecule has 48 heavy (non-hydrogen) atoms. The summed E-state index contributed by atoms with van der Waals surface area (Å²) in [5, 5.41) is 23.2. The molecule has 0 radical (unpaired) electrons. The second kappa shape index (κ2) is 16.2. The van der Waals surface area contributed by atoms with Crippen molar-refractivity contribution in [3.8, 4) is 17.2 Å². The van der Waals surface area contributed by atoms with Crippen LogP contribution in [0.25, 0.3) is 0 Å². The van der Waals surface area contributed by atoms with E-state index in [1.807, 2.05) is 13.8 Å². The number of amides is 1. The summed E-state index contributed by atoms with van der Waals surface area (Å²) < 4.78 is 60.2. The Bertz CT molecular complexity index is 1500. The zero-order valence-corrected chi connectivity index (χ0v) is 27.9. The van der Waals surface area contributed by atoms with Gasteiger partial charge in [0.15, 0.2) is 27.6 Å². The summed E-state index contributed by atoms with van der Waals surface area (Å²) in [4.78, 5) is 25.7. The lowest BCUT2D eigenvalue weighted by Gasteiger charge is -2.31. The summed E-state index contributed by atoms with van der Waals surface area (Å²) in [5.41, 5.74) is 0.772. The third-order valence-corrected chi connectivity index (χ3v) is 10.00. The second-order valence-electron chi connectivity index (χ2n) is 12.7. The van der Waals surface area contributed by atoms with E-state index in [1.165, 1.54) is 12.1 Å². The molecule has 2 fully saturated rings. The van der Waals surface area contributed by atoms with Crippen LogP contribution in [0.1, 0.15) is 38.7 Å². The third-order valence-electron chi connectivity index (χ3n) is 8.32. The summed E-state index contributed by atoms with van der Waals surface area (Å²) >= 11 is 0. The van der Waals surface area contributed by atoms with E-state index in [4.69, 9.17) is 33.5 Å². The Morgan fingerprint density at radius 3 is 2.58 bits per heavy atom. The van der Waals surface area contributed by atoms with Crippen molar-refractivity contribution in [1.82, 2.24) is 10.2 Å². The zero-order valence-electron chi connectivity index (χ0n) is 27.1. The van der Waals surface area contributed by atoms with Crippen molar-refractivity contribution >= 4 is 21.9 Å². The maximum atomic E-state index is 13.5. The molecule has 5 atom stereocenters. The molecule has 5 unspecified atom stereocenters. The maximum Gasteiger partial charge on any atom is 0.407 e. The topological polar surface area (TPSA) is 179 Å². The van der Waals surface area contributed by atoms with Gasteiger partial charge in [-0.05, 0) is 55.0 Å². The first-order chi connectivity index (χ1) is 23.0. The van der Waals surface area contributed by atoms with Crippen molar-refractivity contribution < 1.29 is 56.6 Å². The SMILES string of the molecule is CC(C)CN(CC(O)C(Cc1ccc(OCCCC(=O)O)cc1)NC(=O)OC1COC2OCCC12)CS(=O)(=O)c1ccc2c(c1)OCO2. The highest BCUT2D eigenvalue weighted by Gasteiger charge is 2.44. The van der Waals surface area contributed by atoms with Crippen molar-refractivity contribution in [2.75, 3.05) is 45.6 Å². The van der Waals surface area contributed by atoms with Crippen LogP contribution in [-0.2, 0) is 35.3 Å². The minimum Gasteiger partial charge on any atom is -0.494 e. The minimum absolute atomic E-state index is 0.00660. The van der Waals surface area contributed by atoms with Crippen molar-refractivity contribution in [3.63, 3.8) is 0 Å². The van der Waals surface area contributed by atoms with Crippen molar-refractivity contribution in [1.29, 1.82) is 0 Å². The smallest absolute Gasteiger partial charge is 0.407 e. The van der Waals surface area contributed by atoms with Crippen LogP contribution in [-0.4, -0.2) is 106 Å².